The van der Waals surface area contributed by atoms with Gasteiger partial charge in [-0.15, -0.1) is 0 Å². The zero-order chi connectivity index (χ0) is 17.2. The standard InChI is InChI=1S/C18H21NO5/c1-2-22-16-9-11-18(12-10-16)24-14-4-3-13-23-17-7-5-15(6-8-17)19(20)21/h5-12H,2-4,13-14H2,1H3. The lowest BCUT2D eigenvalue weighted by molar-refractivity contribution is -0.384. The summed E-state index contributed by atoms with van der Waals surface area (Å²) in [4.78, 5) is 10.1. The highest BCUT2D eigenvalue weighted by atomic mass is 16.6. The SMILES string of the molecule is CCOc1ccc(OCCCCOc2ccc([N+](=O)[O-])cc2)cc1. The largest absolute Gasteiger partial charge is 0.494 e. The molecule has 24 heavy (non-hydrogen) atoms. The second-order valence-electron chi connectivity index (χ2n) is 5.06. The first-order valence-corrected chi connectivity index (χ1v) is 7.92. The maximum atomic E-state index is 10.6. The van der Waals surface area contributed by atoms with Crippen molar-refractivity contribution in [3.05, 3.63) is 58.6 Å². The van der Waals surface area contributed by atoms with Crippen LogP contribution in [0.3, 0.4) is 0 Å². The van der Waals surface area contributed by atoms with Crippen LogP contribution in [0, 0.1) is 10.1 Å². The molecule has 0 saturated heterocycles. The zero-order valence-corrected chi connectivity index (χ0v) is 13.6. The van der Waals surface area contributed by atoms with Gasteiger partial charge in [-0.25, -0.2) is 0 Å². The van der Waals surface area contributed by atoms with E-state index in [0.29, 0.717) is 25.6 Å². The Labute approximate surface area is 141 Å². The highest BCUT2D eigenvalue weighted by Gasteiger charge is 2.04. The topological polar surface area (TPSA) is 70.8 Å². The first kappa shape index (κ1) is 17.6. The Morgan fingerprint density at radius 2 is 1.21 bits per heavy atom. The van der Waals surface area contributed by atoms with E-state index in [4.69, 9.17) is 14.2 Å². The Morgan fingerprint density at radius 3 is 1.62 bits per heavy atom. The van der Waals surface area contributed by atoms with Crippen molar-refractivity contribution in [2.24, 2.45) is 0 Å². The lowest BCUT2D eigenvalue weighted by Crippen LogP contribution is -2.02. The van der Waals surface area contributed by atoms with Gasteiger partial charge in [0.15, 0.2) is 0 Å². The van der Waals surface area contributed by atoms with Gasteiger partial charge < -0.3 is 14.2 Å². The summed E-state index contributed by atoms with van der Waals surface area (Å²) in [6.07, 6.45) is 1.70. The van der Waals surface area contributed by atoms with Gasteiger partial charge in [0.05, 0.1) is 24.7 Å². The number of ether oxygens (including phenoxy) is 3. The van der Waals surface area contributed by atoms with E-state index in [0.717, 1.165) is 24.3 Å². The number of hydrogen-bond acceptors (Lipinski definition) is 5. The second kappa shape index (κ2) is 9.39. The summed E-state index contributed by atoms with van der Waals surface area (Å²) < 4.78 is 16.6. The molecule has 2 aromatic rings. The maximum absolute atomic E-state index is 10.6. The minimum atomic E-state index is -0.429. The Bertz CT molecular complexity index is 625. The molecule has 0 bridgehead atoms. The number of nitro benzene ring substituents is 1. The monoisotopic (exact) mass is 331 g/mol. The average Bonchev–Trinajstić information content (AvgIpc) is 2.60. The Kier molecular flexibility index (Phi) is 6.89. The molecule has 2 rings (SSSR count). The fourth-order valence-electron chi connectivity index (χ4n) is 2.05. The fourth-order valence-corrected chi connectivity index (χ4v) is 2.05. The van der Waals surface area contributed by atoms with Gasteiger partial charge in [-0.2, -0.15) is 0 Å². The molecule has 0 fully saturated rings. The van der Waals surface area contributed by atoms with Crippen molar-refractivity contribution >= 4 is 5.69 Å². The molecule has 6 heteroatoms. The molecule has 0 unspecified atom stereocenters. The number of nitrogens with zero attached hydrogens (tertiary/aromatic N) is 1. The number of unbranched alkanes of at least 4 members (excludes halogenated alkanes) is 1. The van der Waals surface area contributed by atoms with Crippen LogP contribution in [-0.4, -0.2) is 24.7 Å². The third-order valence-electron chi connectivity index (χ3n) is 3.26. The van der Waals surface area contributed by atoms with Crippen molar-refractivity contribution in [3.63, 3.8) is 0 Å². The van der Waals surface area contributed by atoms with E-state index in [2.05, 4.69) is 0 Å². The van der Waals surface area contributed by atoms with Gasteiger partial charge in [-0.05, 0) is 56.2 Å². The van der Waals surface area contributed by atoms with Gasteiger partial charge >= 0.3 is 0 Å². The summed E-state index contributed by atoms with van der Waals surface area (Å²) in [5, 5.41) is 10.6. The van der Waals surface area contributed by atoms with Crippen molar-refractivity contribution < 1.29 is 19.1 Å². The predicted octanol–water partition coefficient (Wildman–Crippen LogP) is 4.23. The Hall–Kier alpha value is -2.76. The second-order valence-corrected chi connectivity index (χ2v) is 5.06. The molecule has 6 nitrogen and oxygen atoms in total. The zero-order valence-electron chi connectivity index (χ0n) is 13.6. The minimum absolute atomic E-state index is 0.0612. The fraction of sp³-hybridized carbons (Fsp3) is 0.333. The molecule has 0 atom stereocenters. The number of non-ortho nitro benzene ring substituents is 1. The quantitative estimate of drug-likeness (QED) is 0.370. The normalized spacial score (nSPS) is 10.2. The van der Waals surface area contributed by atoms with Crippen molar-refractivity contribution in [3.8, 4) is 17.2 Å². The van der Waals surface area contributed by atoms with E-state index < -0.39 is 4.92 Å². The molecule has 0 saturated carbocycles. The molecule has 0 aliphatic carbocycles. The first-order valence-electron chi connectivity index (χ1n) is 7.92. The number of benzene rings is 2. The lowest BCUT2D eigenvalue weighted by atomic mass is 10.3. The molecular weight excluding hydrogens is 310 g/mol. The van der Waals surface area contributed by atoms with Gasteiger partial charge in [-0.3, -0.25) is 10.1 Å². The van der Waals surface area contributed by atoms with E-state index in [-0.39, 0.29) is 5.69 Å². The summed E-state index contributed by atoms with van der Waals surface area (Å²) in [6, 6.07) is 13.6. The third-order valence-corrected chi connectivity index (χ3v) is 3.26. The maximum Gasteiger partial charge on any atom is 0.269 e. The summed E-state index contributed by atoms with van der Waals surface area (Å²) in [7, 11) is 0. The number of rotatable bonds is 10. The average molecular weight is 331 g/mol. The summed E-state index contributed by atoms with van der Waals surface area (Å²) in [6.45, 7) is 3.75. The Balaban J connectivity index is 1.60. The van der Waals surface area contributed by atoms with E-state index >= 15 is 0 Å². The van der Waals surface area contributed by atoms with Crippen LogP contribution in [0.5, 0.6) is 17.2 Å². The van der Waals surface area contributed by atoms with Crippen LogP contribution in [0.2, 0.25) is 0 Å². The van der Waals surface area contributed by atoms with Crippen LogP contribution in [-0.2, 0) is 0 Å². The van der Waals surface area contributed by atoms with E-state index in [1.165, 1.54) is 12.1 Å². The molecule has 0 spiro atoms. The highest BCUT2D eigenvalue weighted by Crippen LogP contribution is 2.19. The molecule has 0 heterocycles. The first-order chi connectivity index (χ1) is 11.7. The van der Waals surface area contributed by atoms with Crippen LogP contribution in [0.4, 0.5) is 5.69 Å². The van der Waals surface area contributed by atoms with Crippen molar-refractivity contribution in [1.82, 2.24) is 0 Å². The molecule has 2 aromatic carbocycles. The molecular formula is C18H21NO5. The van der Waals surface area contributed by atoms with Gasteiger partial charge in [0.2, 0.25) is 0 Å². The third kappa shape index (κ3) is 5.79. The number of nitro groups is 1. The van der Waals surface area contributed by atoms with Crippen molar-refractivity contribution in [2.75, 3.05) is 19.8 Å². The predicted molar refractivity (Wildman–Crippen MR) is 90.9 cm³/mol. The summed E-state index contributed by atoms with van der Waals surface area (Å²) >= 11 is 0. The minimum Gasteiger partial charge on any atom is -0.494 e. The van der Waals surface area contributed by atoms with Crippen molar-refractivity contribution in [2.45, 2.75) is 19.8 Å². The van der Waals surface area contributed by atoms with Gasteiger partial charge in [0.1, 0.15) is 17.2 Å². The summed E-state index contributed by atoms with van der Waals surface area (Å²) in [5.74, 6) is 2.28. The molecule has 0 aliphatic heterocycles. The van der Waals surface area contributed by atoms with E-state index in [1.807, 2.05) is 31.2 Å². The molecule has 128 valence electrons. The van der Waals surface area contributed by atoms with Crippen LogP contribution in [0.25, 0.3) is 0 Å². The molecule has 0 N–H and O–H groups in total. The van der Waals surface area contributed by atoms with E-state index in [9.17, 15) is 10.1 Å². The number of hydrogen-bond donors (Lipinski definition) is 0. The van der Waals surface area contributed by atoms with Gasteiger partial charge in [-0.1, -0.05) is 0 Å². The van der Waals surface area contributed by atoms with Crippen LogP contribution in [0.1, 0.15) is 19.8 Å². The molecule has 0 amide bonds. The molecule has 0 radical (unpaired) electrons. The molecule has 0 aliphatic rings. The van der Waals surface area contributed by atoms with Gasteiger partial charge in [0, 0.05) is 12.1 Å². The van der Waals surface area contributed by atoms with E-state index in [1.54, 1.807) is 12.1 Å². The summed E-state index contributed by atoms with van der Waals surface area (Å²) in [5.41, 5.74) is 0.0612. The van der Waals surface area contributed by atoms with Crippen LogP contribution in [0.15, 0.2) is 48.5 Å². The van der Waals surface area contributed by atoms with Crippen LogP contribution < -0.4 is 14.2 Å². The highest BCUT2D eigenvalue weighted by molar-refractivity contribution is 5.36. The lowest BCUT2D eigenvalue weighted by Gasteiger charge is -2.08. The van der Waals surface area contributed by atoms with Gasteiger partial charge in [0.25, 0.3) is 5.69 Å². The van der Waals surface area contributed by atoms with Crippen LogP contribution >= 0.6 is 0 Å². The molecule has 0 aromatic heterocycles. The van der Waals surface area contributed by atoms with Crippen molar-refractivity contribution in [1.29, 1.82) is 0 Å². The smallest absolute Gasteiger partial charge is 0.269 e. The Morgan fingerprint density at radius 1 is 0.792 bits per heavy atom.